The number of aromatic nitrogens is 2. The summed E-state index contributed by atoms with van der Waals surface area (Å²) < 4.78 is 14.7. The van der Waals surface area contributed by atoms with Crippen molar-refractivity contribution in [2.24, 2.45) is 7.05 Å². The van der Waals surface area contributed by atoms with Gasteiger partial charge in [0.05, 0.1) is 11.0 Å². The van der Waals surface area contributed by atoms with Gasteiger partial charge >= 0.3 is 0 Å². The normalized spacial score (nSPS) is 12.1. The number of hydrogen-bond donors (Lipinski definition) is 0. The second-order valence-corrected chi connectivity index (χ2v) is 5.21. The summed E-state index contributed by atoms with van der Waals surface area (Å²) in [4.78, 5) is 16.4. The maximum absolute atomic E-state index is 13.2. The highest BCUT2D eigenvalue weighted by Gasteiger charge is 2.21. The van der Waals surface area contributed by atoms with Crippen molar-refractivity contribution in [3.05, 3.63) is 40.1 Å². The highest BCUT2D eigenvalue weighted by molar-refractivity contribution is 5.74. The molecule has 3 nitrogen and oxygen atoms in total. The Balaban J connectivity index is 2.91. The first-order chi connectivity index (χ1) is 7.80. The Morgan fingerprint density at radius 3 is 2.53 bits per heavy atom. The smallest absolute Gasteiger partial charge is 0.273 e. The molecule has 1 aromatic heterocycles. The van der Waals surface area contributed by atoms with Crippen LogP contribution in [-0.4, -0.2) is 9.55 Å². The van der Waals surface area contributed by atoms with Crippen LogP contribution in [0.1, 0.15) is 26.5 Å². The Labute approximate surface area is 98.9 Å². The summed E-state index contributed by atoms with van der Waals surface area (Å²) in [5.74, 6) is -0.344. The minimum absolute atomic E-state index is 0.128. The number of rotatable bonds is 0. The lowest BCUT2D eigenvalue weighted by atomic mass is 9.92. The first-order valence-corrected chi connectivity index (χ1v) is 5.47. The molecule has 0 radical (unpaired) electrons. The summed E-state index contributed by atoms with van der Waals surface area (Å²) in [6.07, 6.45) is 0. The molecule has 0 saturated heterocycles. The average molecular weight is 234 g/mol. The van der Waals surface area contributed by atoms with Crippen molar-refractivity contribution in [2.45, 2.75) is 26.2 Å². The van der Waals surface area contributed by atoms with Crippen LogP contribution in [0.25, 0.3) is 11.0 Å². The lowest BCUT2D eigenvalue weighted by Gasteiger charge is -2.18. The Bertz CT molecular complexity index is 638. The quantitative estimate of drug-likeness (QED) is 0.701. The van der Waals surface area contributed by atoms with Gasteiger partial charge in [-0.05, 0) is 12.1 Å². The van der Waals surface area contributed by atoms with Gasteiger partial charge in [0.2, 0.25) is 0 Å². The monoisotopic (exact) mass is 234 g/mol. The third-order valence-electron chi connectivity index (χ3n) is 2.75. The largest absolute Gasteiger partial charge is 0.308 e. The summed E-state index contributed by atoms with van der Waals surface area (Å²) in [5, 5.41) is 0. The molecule has 0 spiro atoms. The first-order valence-electron chi connectivity index (χ1n) is 5.47. The predicted molar refractivity (Wildman–Crippen MR) is 65.6 cm³/mol. The molecule has 0 saturated carbocycles. The highest BCUT2D eigenvalue weighted by Crippen LogP contribution is 2.19. The second kappa shape index (κ2) is 3.65. The van der Waals surface area contributed by atoms with E-state index in [1.165, 1.54) is 16.7 Å². The van der Waals surface area contributed by atoms with Crippen molar-refractivity contribution >= 4 is 11.0 Å². The number of benzene rings is 1. The molecule has 0 aliphatic carbocycles. The summed E-state index contributed by atoms with van der Waals surface area (Å²) in [6, 6.07) is 4.26. The van der Waals surface area contributed by atoms with Crippen LogP contribution in [0.15, 0.2) is 23.0 Å². The Kier molecular flexibility index (Phi) is 2.53. The fourth-order valence-corrected chi connectivity index (χ4v) is 1.79. The maximum atomic E-state index is 13.2. The summed E-state index contributed by atoms with van der Waals surface area (Å²) in [5.41, 5.74) is 1.13. The van der Waals surface area contributed by atoms with E-state index in [1.807, 2.05) is 20.8 Å². The number of aryl methyl sites for hydroxylation is 1. The fraction of sp³-hybridized carbons (Fsp3) is 0.385. The molecule has 2 rings (SSSR count). The number of nitrogens with zero attached hydrogens (tertiary/aromatic N) is 2. The highest BCUT2D eigenvalue weighted by atomic mass is 19.1. The van der Waals surface area contributed by atoms with Gasteiger partial charge in [0.15, 0.2) is 0 Å². The van der Waals surface area contributed by atoms with Crippen LogP contribution in [0.4, 0.5) is 4.39 Å². The van der Waals surface area contributed by atoms with E-state index in [0.717, 1.165) is 0 Å². The SMILES string of the molecule is Cn1c(=O)c(C(C)(C)C)nc2cc(F)ccc21. The molecule has 0 aliphatic rings. The van der Waals surface area contributed by atoms with Crippen LogP contribution < -0.4 is 5.56 Å². The van der Waals surface area contributed by atoms with Gasteiger partial charge in [0, 0.05) is 18.5 Å². The van der Waals surface area contributed by atoms with Crippen LogP contribution in [0.2, 0.25) is 0 Å². The molecule has 1 aromatic carbocycles. The standard InChI is InChI=1S/C13H15FN2O/c1-13(2,3)11-12(17)16(4)10-6-5-8(14)7-9(10)15-11/h5-7H,1-4H3. The minimum Gasteiger partial charge on any atom is -0.308 e. The van der Waals surface area contributed by atoms with Crippen molar-refractivity contribution < 1.29 is 4.39 Å². The fourth-order valence-electron chi connectivity index (χ4n) is 1.79. The van der Waals surface area contributed by atoms with Crippen molar-refractivity contribution in [1.29, 1.82) is 0 Å². The zero-order chi connectivity index (χ0) is 12.8. The number of hydrogen-bond acceptors (Lipinski definition) is 2. The van der Waals surface area contributed by atoms with Crippen molar-refractivity contribution in [3.63, 3.8) is 0 Å². The summed E-state index contributed by atoms with van der Waals surface area (Å²) >= 11 is 0. The van der Waals surface area contributed by atoms with E-state index in [4.69, 9.17) is 0 Å². The zero-order valence-corrected chi connectivity index (χ0v) is 10.4. The van der Waals surface area contributed by atoms with Gasteiger partial charge in [-0.2, -0.15) is 0 Å². The number of fused-ring (bicyclic) bond motifs is 1. The van der Waals surface area contributed by atoms with Crippen LogP contribution in [0.5, 0.6) is 0 Å². The van der Waals surface area contributed by atoms with E-state index in [0.29, 0.717) is 16.7 Å². The molecule has 1 heterocycles. The van der Waals surface area contributed by atoms with Gasteiger partial charge < -0.3 is 4.57 Å². The van der Waals surface area contributed by atoms with E-state index >= 15 is 0 Å². The Hall–Kier alpha value is -1.71. The van der Waals surface area contributed by atoms with E-state index in [9.17, 15) is 9.18 Å². The van der Waals surface area contributed by atoms with Crippen LogP contribution >= 0.6 is 0 Å². The molecule has 0 atom stereocenters. The van der Waals surface area contributed by atoms with Gasteiger partial charge in [-0.1, -0.05) is 20.8 Å². The number of halogens is 1. The van der Waals surface area contributed by atoms with E-state index < -0.39 is 0 Å². The molecule has 0 N–H and O–H groups in total. The van der Waals surface area contributed by atoms with Crippen LogP contribution in [0.3, 0.4) is 0 Å². The van der Waals surface area contributed by atoms with Gasteiger partial charge in [-0.3, -0.25) is 4.79 Å². The van der Waals surface area contributed by atoms with E-state index in [-0.39, 0.29) is 16.8 Å². The van der Waals surface area contributed by atoms with Crippen LogP contribution in [0, 0.1) is 5.82 Å². The third kappa shape index (κ3) is 1.95. The minimum atomic E-state index is -0.352. The predicted octanol–water partition coefficient (Wildman–Crippen LogP) is 2.37. The van der Waals surface area contributed by atoms with Crippen molar-refractivity contribution in [2.75, 3.05) is 0 Å². The van der Waals surface area contributed by atoms with Gasteiger partial charge in [0.25, 0.3) is 5.56 Å². The van der Waals surface area contributed by atoms with Gasteiger partial charge in [-0.25, -0.2) is 9.37 Å². The zero-order valence-electron chi connectivity index (χ0n) is 10.4. The average Bonchev–Trinajstić information content (AvgIpc) is 2.21. The Morgan fingerprint density at radius 1 is 1.29 bits per heavy atom. The lowest BCUT2D eigenvalue weighted by Crippen LogP contribution is -2.31. The Morgan fingerprint density at radius 2 is 1.94 bits per heavy atom. The molecule has 4 heteroatoms. The lowest BCUT2D eigenvalue weighted by molar-refractivity contribution is 0.554. The first kappa shape index (κ1) is 11.8. The molecule has 2 aromatic rings. The van der Waals surface area contributed by atoms with E-state index in [1.54, 1.807) is 13.1 Å². The molecule has 0 unspecified atom stereocenters. The third-order valence-corrected chi connectivity index (χ3v) is 2.75. The molecule has 0 bridgehead atoms. The maximum Gasteiger partial charge on any atom is 0.273 e. The molecule has 90 valence electrons. The molecule has 0 fully saturated rings. The molecule has 0 amide bonds. The summed E-state index contributed by atoms with van der Waals surface area (Å²) in [6.45, 7) is 5.76. The molecule has 0 aliphatic heterocycles. The van der Waals surface area contributed by atoms with E-state index in [2.05, 4.69) is 4.98 Å². The topological polar surface area (TPSA) is 34.9 Å². The van der Waals surface area contributed by atoms with Crippen molar-refractivity contribution in [1.82, 2.24) is 9.55 Å². The van der Waals surface area contributed by atoms with Gasteiger partial charge in [-0.15, -0.1) is 0 Å². The summed E-state index contributed by atoms with van der Waals surface area (Å²) in [7, 11) is 1.68. The molecular formula is C13H15FN2O. The molecular weight excluding hydrogens is 219 g/mol. The second-order valence-electron chi connectivity index (χ2n) is 5.21. The van der Waals surface area contributed by atoms with Crippen LogP contribution in [-0.2, 0) is 12.5 Å². The van der Waals surface area contributed by atoms with Crippen molar-refractivity contribution in [3.8, 4) is 0 Å². The molecule has 17 heavy (non-hydrogen) atoms. The van der Waals surface area contributed by atoms with Gasteiger partial charge in [0.1, 0.15) is 11.5 Å².